The van der Waals surface area contributed by atoms with Crippen LogP contribution in [-0.4, -0.2) is 19.1 Å². The van der Waals surface area contributed by atoms with E-state index in [1.165, 1.54) is 24.3 Å². The van der Waals surface area contributed by atoms with Crippen LogP contribution >= 0.6 is 0 Å². The van der Waals surface area contributed by atoms with Crippen LogP contribution in [0.15, 0.2) is 66.7 Å². The molecule has 0 bridgehead atoms. The number of rotatable bonds is 5. The molecule has 1 N–H and O–H groups in total. The van der Waals surface area contributed by atoms with Crippen LogP contribution in [0, 0.1) is 5.82 Å². The zero-order chi connectivity index (χ0) is 16.1. The van der Waals surface area contributed by atoms with Crippen LogP contribution in [0.25, 0.3) is 10.8 Å². The lowest BCUT2D eigenvalue weighted by Gasteiger charge is -2.09. The van der Waals surface area contributed by atoms with Gasteiger partial charge in [-0.25, -0.2) is 4.39 Å². The lowest BCUT2D eigenvalue weighted by atomic mass is 10.1. The van der Waals surface area contributed by atoms with Crippen LogP contribution in [0.4, 0.5) is 4.39 Å². The van der Waals surface area contributed by atoms with E-state index in [-0.39, 0.29) is 11.7 Å². The smallest absolute Gasteiger partial charge is 0.251 e. The summed E-state index contributed by atoms with van der Waals surface area (Å²) in [6.07, 6.45) is 0. The van der Waals surface area contributed by atoms with E-state index < -0.39 is 0 Å². The highest BCUT2D eigenvalue weighted by molar-refractivity contribution is 5.94. The molecule has 4 heteroatoms. The second kappa shape index (κ2) is 6.92. The Morgan fingerprint density at radius 3 is 2.48 bits per heavy atom. The first-order chi connectivity index (χ1) is 11.2. The summed E-state index contributed by atoms with van der Waals surface area (Å²) < 4.78 is 18.4. The lowest BCUT2D eigenvalue weighted by molar-refractivity contribution is 0.0947. The molecule has 1 amide bonds. The fraction of sp³-hybridized carbons (Fsp3) is 0.105. The van der Waals surface area contributed by atoms with E-state index in [0.29, 0.717) is 18.7 Å². The Labute approximate surface area is 133 Å². The molecular weight excluding hydrogens is 293 g/mol. The van der Waals surface area contributed by atoms with Gasteiger partial charge in [0.2, 0.25) is 0 Å². The monoisotopic (exact) mass is 309 g/mol. The molecule has 3 aromatic carbocycles. The SMILES string of the molecule is O=C(NCCOc1ccc2ccccc2c1)c1ccc(F)cc1. The molecule has 0 fully saturated rings. The average Bonchev–Trinajstić information content (AvgIpc) is 2.59. The topological polar surface area (TPSA) is 38.3 Å². The highest BCUT2D eigenvalue weighted by Crippen LogP contribution is 2.20. The number of hydrogen-bond donors (Lipinski definition) is 1. The second-order valence-corrected chi connectivity index (χ2v) is 5.12. The third kappa shape index (κ3) is 3.86. The summed E-state index contributed by atoms with van der Waals surface area (Å²) in [5.41, 5.74) is 0.428. The maximum Gasteiger partial charge on any atom is 0.251 e. The highest BCUT2D eigenvalue weighted by Gasteiger charge is 2.04. The van der Waals surface area contributed by atoms with Crippen molar-refractivity contribution in [3.8, 4) is 5.75 Å². The van der Waals surface area contributed by atoms with Gasteiger partial charge in [0.25, 0.3) is 5.91 Å². The van der Waals surface area contributed by atoms with Crippen LogP contribution in [0.5, 0.6) is 5.75 Å². The summed E-state index contributed by atoms with van der Waals surface area (Å²) in [6, 6.07) is 19.4. The Bertz CT molecular complexity index is 815. The summed E-state index contributed by atoms with van der Waals surface area (Å²) in [5.74, 6) is 0.160. The van der Waals surface area contributed by atoms with Crippen LogP contribution in [0.3, 0.4) is 0 Å². The fourth-order valence-electron chi connectivity index (χ4n) is 2.29. The summed E-state index contributed by atoms with van der Waals surface area (Å²) in [5, 5.41) is 5.01. The third-order valence-corrected chi connectivity index (χ3v) is 3.48. The van der Waals surface area contributed by atoms with Gasteiger partial charge in [0.15, 0.2) is 0 Å². The number of carbonyl (C=O) groups is 1. The first-order valence-corrected chi connectivity index (χ1v) is 7.38. The molecule has 0 saturated heterocycles. The Hall–Kier alpha value is -2.88. The maximum absolute atomic E-state index is 12.8. The van der Waals surface area contributed by atoms with Gasteiger partial charge in [-0.05, 0) is 47.2 Å². The minimum Gasteiger partial charge on any atom is -0.492 e. The molecule has 116 valence electrons. The van der Waals surface area contributed by atoms with Crippen molar-refractivity contribution in [2.24, 2.45) is 0 Å². The fourth-order valence-corrected chi connectivity index (χ4v) is 2.29. The standard InChI is InChI=1S/C19H16FNO2/c20-17-8-5-15(6-9-17)19(22)21-11-12-23-18-10-7-14-3-1-2-4-16(14)13-18/h1-10,13H,11-12H2,(H,21,22). The summed E-state index contributed by atoms with van der Waals surface area (Å²) >= 11 is 0. The van der Waals surface area contributed by atoms with Crippen molar-refractivity contribution in [2.75, 3.05) is 13.2 Å². The molecule has 3 aromatic rings. The molecule has 0 unspecified atom stereocenters. The molecule has 0 aliphatic rings. The van der Waals surface area contributed by atoms with E-state index in [9.17, 15) is 9.18 Å². The molecule has 0 radical (unpaired) electrons. The van der Waals surface area contributed by atoms with Gasteiger partial charge < -0.3 is 10.1 Å². The van der Waals surface area contributed by atoms with Crippen molar-refractivity contribution in [1.29, 1.82) is 0 Å². The largest absolute Gasteiger partial charge is 0.492 e. The van der Waals surface area contributed by atoms with Crippen molar-refractivity contribution in [2.45, 2.75) is 0 Å². The van der Waals surface area contributed by atoms with Crippen molar-refractivity contribution in [3.05, 3.63) is 78.1 Å². The van der Waals surface area contributed by atoms with Gasteiger partial charge in [-0.2, -0.15) is 0 Å². The molecule has 23 heavy (non-hydrogen) atoms. The van der Waals surface area contributed by atoms with Gasteiger partial charge in [0.05, 0.1) is 6.54 Å². The molecule has 0 aliphatic heterocycles. The number of halogens is 1. The molecule has 0 spiro atoms. The Morgan fingerprint density at radius 2 is 1.70 bits per heavy atom. The van der Waals surface area contributed by atoms with Crippen LogP contribution in [0.1, 0.15) is 10.4 Å². The molecule has 3 rings (SSSR count). The first kappa shape index (κ1) is 15.0. The molecule has 0 heterocycles. The van der Waals surface area contributed by atoms with E-state index in [1.807, 2.05) is 42.5 Å². The second-order valence-electron chi connectivity index (χ2n) is 5.12. The lowest BCUT2D eigenvalue weighted by Crippen LogP contribution is -2.28. The van der Waals surface area contributed by atoms with Crippen LogP contribution < -0.4 is 10.1 Å². The summed E-state index contributed by atoms with van der Waals surface area (Å²) in [7, 11) is 0. The number of hydrogen-bond acceptors (Lipinski definition) is 2. The predicted octanol–water partition coefficient (Wildman–Crippen LogP) is 3.79. The normalized spacial score (nSPS) is 10.5. The zero-order valence-corrected chi connectivity index (χ0v) is 12.5. The Balaban J connectivity index is 1.50. The van der Waals surface area contributed by atoms with Crippen molar-refractivity contribution < 1.29 is 13.9 Å². The molecule has 3 nitrogen and oxygen atoms in total. The van der Waals surface area contributed by atoms with Crippen molar-refractivity contribution in [1.82, 2.24) is 5.32 Å². The third-order valence-electron chi connectivity index (χ3n) is 3.48. The number of benzene rings is 3. The summed E-state index contributed by atoms with van der Waals surface area (Å²) in [6.45, 7) is 0.744. The number of fused-ring (bicyclic) bond motifs is 1. The van der Waals surface area contributed by atoms with E-state index in [4.69, 9.17) is 4.74 Å². The van der Waals surface area contributed by atoms with Gasteiger partial charge in [-0.3, -0.25) is 4.79 Å². The number of ether oxygens (including phenoxy) is 1. The molecule has 0 atom stereocenters. The Morgan fingerprint density at radius 1 is 0.957 bits per heavy atom. The van der Waals surface area contributed by atoms with Gasteiger partial charge in [-0.1, -0.05) is 30.3 Å². The predicted molar refractivity (Wildman–Crippen MR) is 88.2 cm³/mol. The number of amides is 1. The average molecular weight is 309 g/mol. The Kier molecular flexibility index (Phi) is 4.52. The highest BCUT2D eigenvalue weighted by atomic mass is 19.1. The number of nitrogens with one attached hydrogen (secondary N) is 1. The summed E-state index contributed by atoms with van der Waals surface area (Å²) in [4.78, 5) is 11.9. The van der Waals surface area contributed by atoms with Crippen molar-refractivity contribution >= 4 is 16.7 Å². The van der Waals surface area contributed by atoms with Crippen molar-refractivity contribution in [3.63, 3.8) is 0 Å². The van der Waals surface area contributed by atoms with E-state index >= 15 is 0 Å². The van der Waals surface area contributed by atoms with Crippen LogP contribution in [-0.2, 0) is 0 Å². The minimum absolute atomic E-state index is 0.243. The van der Waals surface area contributed by atoms with E-state index in [1.54, 1.807) is 0 Å². The van der Waals surface area contributed by atoms with Gasteiger partial charge in [0, 0.05) is 5.56 Å². The van der Waals surface area contributed by atoms with Gasteiger partial charge in [-0.15, -0.1) is 0 Å². The van der Waals surface area contributed by atoms with E-state index in [2.05, 4.69) is 5.32 Å². The first-order valence-electron chi connectivity index (χ1n) is 7.38. The quantitative estimate of drug-likeness (QED) is 0.728. The molecule has 0 aliphatic carbocycles. The molecular formula is C19H16FNO2. The molecule has 0 saturated carbocycles. The van der Waals surface area contributed by atoms with E-state index in [0.717, 1.165) is 16.5 Å². The minimum atomic E-state index is -0.360. The molecule has 0 aromatic heterocycles. The van der Waals surface area contributed by atoms with Gasteiger partial charge >= 0.3 is 0 Å². The zero-order valence-electron chi connectivity index (χ0n) is 12.5. The van der Waals surface area contributed by atoms with Gasteiger partial charge in [0.1, 0.15) is 18.2 Å². The number of carbonyl (C=O) groups excluding carboxylic acids is 1. The maximum atomic E-state index is 12.8. The van der Waals surface area contributed by atoms with Crippen LogP contribution in [0.2, 0.25) is 0 Å².